The van der Waals surface area contributed by atoms with Crippen molar-refractivity contribution in [3.63, 3.8) is 0 Å². The van der Waals surface area contributed by atoms with Gasteiger partial charge in [0, 0.05) is 11.6 Å². The lowest BCUT2D eigenvalue weighted by atomic mass is 10.3. The molecule has 0 bridgehead atoms. The number of thioether (sulfide) groups is 1. The first kappa shape index (κ1) is 12.3. The van der Waals surface area contributed by atoms with Gasteiger partial charge in [-0.2, -0.15) is 13.2 Å². The lowest BCUT2D eigenvalue weighted by Crippen LogP contribution is -2.28. The maximum absolute atomic E-state index is 12.4. The number of thiazole rings is 1. The molecular weight excluding hydrogens is 251 g/mol. The van der Waals surface area contributed by atoms with Gasteiger partial charge in [0.1, 0.15) is 9.59 Å². The van der Waals surface area contributed by atoms with Crippen LogP contribution in [-0.4, -0.2) is 27.5 Å². The molecule has 0 spiro atoms. The van der Waals surface area contributed by atoms with E-state index in [1.54, 1.807) is 0 Å². The number of carbonyl (C=O) groups is 1. The summed E-state index contributed by atoms with van der Waals surface area (Å²) in [5.74, 6) is -1.47. The van der Waals surface area contributed by atoms with Gasteiger partial charge < -0.3 is 5.11 Å². The van der Waals surface area contributed by atoms with Gasteiger partial charge in [0.2, 0.25) is 0 Å². The monoisotopic (exact) mass is 257 g/mol. The topological polar surface area (TPSA) is 50.2 Å². The highest BCUT2D eigenvalue weighted by molar-refractivity contribution is 8.01. The zero-order chi connectivity index (χ0) is 11.5. The van der Waals surface area contributed by atoms with Crippen LogP contribution in [0.15, 0.2) is 15.9 Å². The number of carboxylic acid groups (broad SMARTS) is 1. The summed E-state index contributed by atoms with van der Waals surface area (Å²) < 4.78 is 37.3. The Kier molecular flexibility index (Phi) is 3.97. The van der Waals surface area contributed by atoms with E-state index in [1.807, 2.05) is 0 Å². The number of nitrogens with zero attached hydrogens (tertiary/aromatic N) is 1. The van der Waals surface area contributed by atoms with E-state index in [1.165, 1.54) is 11.6 Å². The van der Waals surface area contributed by atoms with Gasteiger partial charge in [0.15, 0.2) is 0 Å². The lowest BCUT2D eigenvalue weighted by Gasteiger charge is -2.16. The van der Waals surface area contributed by atoms with Crippen LogP contribution in [0, 0.1) is 0 Å². The molecule has 0 aromatic carbocycles. The van der Waals surface area contributed by atoms with E-state index in [0.717, 1.165) is 11.3 Å². The molecule has 0 amide bonds. The first-order chi connectivity index (χ1) is 6.89. The van der Waals surface area contributed by atoms with Crippen molar-refractivity contribution >= 4 is 29.1 Å². The first-order valence-electron chi connectivity index (χ1n) is 3.74. The van der Waals surface area contributed by atoms with Gasteiger partial charge in [0.05, 0.1) is 6.42 Å². The average molecular weight is 257 g/mol. The summed E-state index contributed by atoms with van der Waals surface area (Å²) in [5, 5.41) is 7.94. The van der Waals surface area contributed by atoms with Crippen molar-refractivity contribution < 1.29 is 23.1 Å². The summed E-state index contributed by atoms with van der Waals surface area (Å²) in [6.07, 6.45) is -4.11. The van der Waals surface area contributed by atoms with Crippen LogP contribution in [0.3, 0.4) is 0 Å². The van der Waals surface area contributed by atoms with Crippen LogP contribution in [0.2, 0.25) is 0 Å². The van der Waals surface area contributed by atoms with E-state index in [4.69, 9.17) is 5.11 Å². The zero-order valence-corrected chi connectivity index (χ0v) is 8.83. The molecule has 0 aliphatic carbocycles. The fraction of sp³-hybridized carbons (Fsp3) is 0.429. The molecule has 0 aliphatic rings. The van der Waals surface area contributed by atoms with Gasteiger partial charge >= 0.3 is 12.1 Å². The minimum absolute atomic E-state index is 0.221. The van der Waals surface area contributed by atoms with Crippen LogP contribution in [0.5, 0.6) is 0 Å². The summed E-state index contributed by atoms with van der Waals surface area (Å²) in [4.78, 5) is 13.9. The molecule has 0 aliphatic heterocycles. The number of halogens is 3. The average Bonchev–Trinajstić information content (AvgIpc) is 2.53. The second-order valence-electron chi connectivity index (χ2n) is 2.54. The SMILES string of the molecule is O=C(O)CC(Sc1nccs1)C(F)(F)F. The quantitative estimate of drug-likeness (QED) is 0.842. The highest BCUT2D eigenvalue weighted by Gasteiger charge is 2.42. The molecule has 1 unspecified atom stereocenters. The molecule has 0 radical (unpaired) electrons. The van der Waals surface area contributed by atoms with E-state index < -0.39 is 23.8 Å². The van der Waals surface area contributed by atoms with E-state index in [0.29, 0.717) is 11.8 Å². The number of carboxylic acids is 1. The molecule has 1 rings (SSSR count). The number of hydrogen-bond donors (Lipinski definition) is 1. The van der Waals surface area contributed by atoms with Crippen LogP contribution in [-0.2, 0) is 4.79 Å². The number of aromatic nitrogens is 1. The molecule has 1 aromatic rings. The summed E-state index contributed by atoms with van der Waals surface area (Å²) in [7, 11) is 0. The molecule has 1 atom stereocenters. The molecule has 0 saturated carbocycles. The number of hydrogen-bond acceptors (Lipinski definition) is 4. The highest BCUT2D eigenvalue weighted by atomic mass is 32.2. The largest absolute Gasteiger partial charge is 0.481 e. The van der Waals surface area contributed by atoms with Crippen molar-refractivity contribution in [2.24, 2.45) is 0 Å². The Morgan fingerprint density at radius 1 is 1.67 bits per heavy atom. The standard InChI is InChI=1S/C7H6F3NO2S2/c8-7(9,10)4(3-5(12)13)15-6-11-1-2-14-6/h1-2,4H,3H2,(H,12,13). The van der Waals surface area contributed by atoms with Gasteiger partial charge in [-0.25, -0.2) is 4.98 Å². The minimum Gasteiger partial charge on any atom is -0.481 e. The van der Waals surface area contributed by atoms with Gasteiger partial charge in [-0.1, -0.05) is 11.8 Å². The fourth-order valence-electron chi connectivity index (χ4n) is 0.773. The molecule has 8 heteroatoms. The summed E-state index contributed by atoms with van der Waals surface area (Å²) >= 11 is 1.49. The highest BCUT2D eigenvalue weighted by Crippen LogP contribution is 2.37. The Labute approximate surface area is 91.3 Å². The lowest BCUT2D eigenvalue weighted by molar-refractivity contribution is -0.149. The third kappa shape index (κ3) is 4.08. The van der Waals surface area contributed by atoms with E-state index in [9.17, 15) is 18.0 Å². The molecule has 84 valence electrons. The second-order valence-corrected chi connectivity index (χ2v) is 4.89. The van der Waals surface area contributed by atoms with Gasteiger partial charge in [0.25, 0.3) is 0 Å². The van der Waals surface area contributed by atoms with Crippen molar-refractivity contribution in [3.05, 3.63) is 11.6 Å². The molecule has 1 N–H and O–H groups in total. The smallest absolute Gasteiger partial charge is 0.401 e. The van der Waals surface area contributed by atoms with Crippen LogP contribution < -0.4 is 0 Å². The molecular formula is C7H6F3NO2S2. The van der Waals surface area contributed by atoms with Crippen molar-refractivity contribution in [2.45, 2.75) is 22.2 Å². The van der Waals surface area contributed by atoms with E-state index >= 15 is 0 Å². The summed E-state index contributed by atoms with van der Waals surface area (Å²) in [6, 6.07) is 0. The summed E-state index contributed by atoms with van der Waals surface area (Å²) in [6.45, 7) is 0. The molecule has 1 aromatic heterocycles. The van der Waals surface area contributed by atoms with Crippen LogP contribution in [0.25, 0.3) is 0 Å². The third-order valence-corrected chi connectivity index (χ3v) is 3.55. The van der Waals surface area contributed by atoms with E-state index in [-0.39, 0.29) is 4.34 Å². The van der Waals surface area contributed by atoms with Crippen molar-refractivity contribution in [1.29, 1.82) is 0 Å². The van der Waals surface area contributed by atoms with E-state index in [2.05, 4.69) is 4.98 Å². The minimum atomic E-state index is -4.53. The van der Waals surface area contributed by atoms with Crippen molar-refractivity contribution in [2.75, 3.05) is 0 Å². The van der Waals surface area contributed by atoms with Crippen LogP contribution >= 0.6 is 23.1 Å². The fourth-order valence-corrected chi connectivity index (χ4v) is 2.59. The van der Waals surface area contributed by atoms with Gasteiger partial charge in [-0.15, -0.1) is 11.3 Å². The molecule has 15 heavy (non-hydrogen) atoms. The first-order valence-corrected chi connectivity index (χ1v) is 5.50. The Morgan fingerprint density at radius 3 is 2.73 bits per heavy atom. The normalized spacial score (nSPS) is 13.8. The predicted molar refractivity (Wildman–Crippen MR) is 50.1 cm³/mol. The maximum atomic E-state index is 12.4. The molecule has 0 saturated heterocycles. The zero-order valence-electron chi connectivity index (χ0n) is 7.19. The Balaban J connectivity index is 2.69. The maximum Gasteiger partial charge on any atom is 0.401 e. The molecule has 1 heterocycles. The van der Waals surface area contributed by atoms with Crippen molar-refractivity contribution in [3.8, 4) is 0 Å². The Morgan fingerprint density at radius 2 is 2.33 bits per heavy atom. The third-order valence-electron chi connectivity index (χ3n) is 1.38. The number of alkyl halides is 3. The number of rotatable bonds is 4. The number of aliphatic carboxylic acids is 1. The molecule has 3 nitrogen and oxygen atoms in total. The van der Waals surface area contributed by atoms with Crippen molar-refractivity contribution in [1.82, 2.24) is 4.98 Å². The predicted octanol–water partition coefficient (Wildman–Crippen LogP) is 2.64. The second kappa shape index (κ2) is 4.84. The van der Waals surface area contributed by atoms with Crippen LogP contribution in [0.1, 0.15) is 6.42 Å². The van der Waals surface area contributed by atoms with Crippen LogP contribution in [0.4, 0.5) is 13.2 Å². The summed E-state index contributed by atoms with van der Waals surface area (Å²) in [5.41, 5.74) is 0. The van der Waals surface area contributed by atoms with Gasteiger partial charge in [-0.05, 0) is 0 Å². The Bertz CT molecular complexity index is 325. The Hall–Kier alpha value is -0.760. The van der Waals surface area contributed by atoms with Gasteiger partial charge in [-0.3, -0.25) is 4.79 Å². The molecule has 0 fully saturated rings.